The molecule has 0 radical (unpaired) electrons. The second-order valence-corrected chi connectivity index (χ2v) is 6.33. The van der Waals surface area contributed by atoms with Crippen LogP contribution in [0.1, 0.15) is 35.1 Å². The Labute approximate surface area is 118 Å². The van der Waals surface area contributed by atoms with Gasteiger partial charge in [0.05, 0.1) is 0 Å². The molecular weight excluding hydrogens is 284 g/mol. The van der Waals surface area contributed by atoms with E-state index in [1.165, 1.54) is 18.2 Å². The number of aryl methyl sites for hydroxylation is 1. The molecule has 1 aromatic rings. The van der Waals surface area contributed by atoms with E-state index in [0.29, 0.717) is 12.1 Å². The highest BCUT2D eigenvalue weighted by Crippen LogP contribution is 2.26. The molecule has 0 atom stereocenters. The number of nitrogens with one attached hydrogen (secondary N) is 1. The first-order valence-electron chi connectivity index (χ1n) is 6.30. The zero-order valence-electron chi connectivity index (χ0n) is 11.8. The van der Waals surface area contributed by atoms with Crippen molar-refractivity contribution in [2.45, 2.75) is 32.1 Å². The Bertz CT molecular complexity index is 591. The SMILES string of the molecule is CCN(CCCO)S(=O)(=O)c1c(C)[nH]c(C(=O)O)c1C. The van der Waals surface area contributed by atoms with Crippen LogP contribution < -0.4 is 0 Å². The second kappa shape index (κ2) is 6.38. The lowest BCUT2D eigenvalue weighted by molar-refractivity contribution is 0.0690. The summed E-state index contributed by atoms with van der Waals surface area (Å²) in [6.07, 6.45) is 0.335. The highest BCUT2D eigenvalue weighted by atomic mass is 32.2. The lowest BCUT2D eigenvalue weighted by atomic mass is 10.2. The summed E-state index contributed by atoms with van der Waals surface area (Å²) < 4.78 is 26.4. The first-order chi connectivity index (χ1) is 9.27. The maximum absolute atomic E-state index is 12.6. The molecule has 20 heavy (non-hydrogen) atoms. The van der Waals surface area contributed by atoms with Crippen molar-refractivity contribution < 1.29 is 23.4 Å². The van der Waals surface area contributed by atoms with Gasteiger partial charge in [0.15, 0.2) is 0 Å². The normalized spacial score (nSPS) is 12.1. The van der Waals surface area contributed by atoms with Crippen LogP contribution in [0.15, 0.2) is 4.90 Å². The Morgan fingerprint density at radius 3 is 2.35 bits per heavy atom. The van der Waals surface area contributed by atoms with Crippen molar-refractivity contribution in [1.82, 2.24) is 9.29 Å². The molecule has 0 amide bonds. The van der Waals surface area contributed by atoms with Crippen molar-refractivity contribution in [2.24, 2.45) is 0 Å². The number of aliphatic hydroxyl groups excluding tert-OH is 1. The summed E-state index contributed by atoms with van der Waals surface area (Å²) in [5.74, 6) is -1.19. The van der Waals surface area contributed by atoms with Crippen LogP contribution in [-0.2, 0) is 10.0 Å². The van der Waals surface area contributed by atoms with Crippen molar-refractivity contribution in [3.8, 4) is 0 Å². The molecule has 0 spiro atoms. The minimum atomic E-state index is -3.77. The molecule has 0 aliphatic heterocycles. The van der Waals surface area contributed by atoms with Crippen LogP contribution in [0.4, 0.5) is 0 Å². The number of carboxylic acid groups (broad SMARTS) is 1. The fraction of sp³-hybridized carbons (Fsp3) is 0.583. The number of hydrogen-bond donors (Lipinski definition) is 3. The zero-order valence-corrected chi connectivity index (χ0v) is 12.6. The van der Waals surface area contributed by atoms with E-state index in [4.69, 9.17) is 10.2 Å². The summed E-state index contributed by atoms with van der Waals surface area (Å²) in [5, 5.41) is 17.9. The van der Waals surface area contributed by atoms with Gasteiger partial charge in [0.1, 0.15) is 10.6 Å². The van der Waals surface area contributed by atoms with Gasteiger partial charge in [0.25, 0.3) is 0 Å². The number of carboxylic acids is 1. The second-order valence-electron chi connectivity index (χ2n) is 4.46. The Hall–Kier alpha value is -1.38. The molecule has 1 heterocycles. The van der Waals surface area contributed by atoms with E-state index in [2.05, 4.69) is 4.98 Å². The number of aromatic amines is 1. The molecule has 0 bridgehead atoms. The number of H-pyrrole nitrogens is 1. The number of rotatable bonds is 7. The third-order valence-electron chi connectivity index (χ3n) is 3.10. The molecule has 0 saturated carbocycles. The van der Waals surface area contributed by atoms with Gasteiger partial charge in [-0.1, -0.05) is 6.92 Å². The van der Waals surface area contributed by atoms with Crippen molar-refractivity contribution in [3.63, 3.8) is 0 Å². The highest BCUT2D eigenvalue weighted by molar-refractivity contribution is 7.89. The van der Waals surface area contributed by atoms with E-state index >= 15 is 0 Å². The van der Waals surface area contributed by atoms with Crippen molar-refractivity contribution in [1.29, 1.82) is 0 Å². The standard InChI is InChI=1S/C12H20N2O5S/c1-4-14(6-5-7-15)20(18,19)11-8(2)10(12(16)17)13-9(11)3/h13,15H,4-7H2,1-3H3,(H,16,17). The molecular formula is C12H20N2O5S. The van der Waals surface area contributed by atoms with Gasteiger partial charge < -0.3 is 15.2 Å². The third-order valence-corrected chi connectivity index (χ3v) is 5.35. The Morgan fingerprint density at radius 2 is 1.95 bits per heavy atom. The minimum absolute atomic E-state index is 0.00897. The molecule has 1 rings (SSSR count). The molecule has 8 heteroatoms. The summed E-state index contributed by atoms with van der Waals surface area (Å²) in [7, 11) is -3.77. The number of carbonyl (C=O) groups is 1. The summed E-state index contributed by atoms with van der Waals surface area (Å²) >= 11 is 0. The molecule has 1 aromatic heterocycles. The number of aromatic carboxylic acids is 1. The van der Waals surface area contributed by atoms with Crippen molar-refractivity contribution in [2.75, 3.05) is 19.7 Å². The van der Waals surface area contributed by atoms with Crippen LogP contribution in [0.25, 0.3) is 0 Å². The maximum Gasteiger partial charge on any atom is 0.352 e. The molecule has 0 aromatic carbocycles. The number of sulfonamides is 1. The van der Waals surface area contributed by atoms with Crippen molar-refractivity contribution >= 4 is 16.0 Å². The monoisotopic (exact) mass is 304 g/mol. The highest BCUT2D eigenvalue weighted by Gasteiger charge is 2.30. The van der Waals surface area contributed by atoms with Crippen LogP contribution in [0.5, 0.6) is 0 Å². The molecule has 0 aliphatic rings. The summed E-state index contributed by atoms with van der Waals surface area (Å²) in [4.78, 5) is 13.7. The van der Waals surface area contributed by atoms with Crippen LogP contribution in [0.3, 0.4) is 0 Å². The van der Waals surface area contributed by atoms with E-state index in [1.807, 2.05) is 0 Å². The van der Waals surface area contributed by atoms with E-state index < -0.39 is 16.0 Å². The van der Waals surface area contributed by atoms with Crippen molar-refractivity contribution in [3.05, 3.63) is 17.0 Å². The van der Waals surface area contributed by atoms with Gasteiger partial charge in [-0.05, 0) is 20.3 Å². The fourth-order valence-corrected chi connectivity index (χ4v) is 4.05. The molecule has 3 N–H and O–H groups in total. The quantitative estimate of drug-likeness (QED) is 0.687. The first-order valence-corrected chi connectivity index (χ1v) is 7.74. The van der Waals surface area contributed by atoms with Gasteiger partial charge >= 0.3 is 5.97 Å². The van der Waals surface area contributed by atoms with Gasteiger partial charge in [0.2, 0.25) is 10.0 Å². The van der Waals surface area contributed by atoms with Gasteiger partial charge in [-0.2, -0.15) is 4.31 Å². The fourth-order valence-electron chi connectivity index (χ4n) is 2.16. The van der Waals surface area contributed by atoms with Crippen LogP contribution in [0.2, 0.25) is 0 Å². The summed E-state index contributed by atoms with van der Waals surface area (Å²) in [6, 6.07) is 0. The Kier molecular flexibility index (Phi) is 5.32. The third kappa shape index (κ3) is 3.02. The van der Waals surface area contributed by atoms with Crippen LogP contribution in [-0.4, -0.2) is 53.6 Å². The number of aliphatic hydroxyl groups is 1. The van der Waals surface area contributed by atoms with Gasteiger partial charge in [-0.15, -0.1) is 0 Å². The van der Waals surface area contributed by atoms with E-state index in [1.54, 1.807) is 6.92 Å². The maximum atomic E-state index is 12.6. The molecule has 7 nitrogen and oxygen atoms in total. The van der Waals surface area contributed by atoms with Gasteiger partial charge in [-0.3, -0.25) is 0 Å². The summed E-state index contributed by atoms with van der Waals surface area (Å²) in [5.41, 5.74) is 0.402. The number of aromatic nitrogens is 1. The average Bonchev–Trinajstić information content (AvgIpc) is 2.66. The minimum Gasteiger partial charge on any atom is -0.477 e. The predicted molar refractivity (Wildman–Crippen MR) is 73.4 cm³/mol. The molecule has 114 valence electrons. The largest absolute Gasteiger partial charge is 0.477 e. The number of nitrogens with zero attached hydrogens (tertiary/aromatic N) is 1. The average molecular weight is 304 g/mol. The zero-order chi connectivity index (χ0) is 15.5. The molecule has 0 unspecified atom stereocenters. The van der Waals surface area contributed by atoms with E-state index in [9.17, 15) is 13.2 Å². The number of hydrogen-bond acceptors (Lipinski definition) is 4. The summed E-state index contributed by atoms with van der Waals surface area (Å²) in [6.45, 7) is 5.06. The van der Waals surface area contributed by atoms with Gasteiger partial charge in [0, 0.05) is 31.0 Å². The van der Waals surface area contributed by atoms with Gasteiger partial charge in [-0.25, -0.2) is 13.2 Å². The smallest absolute Gasteiger partial charge is 0.352 e. The Balaban J connectivity index is 3.31. The molecule has 0 aliphatic carbocycles. The van der Waals surface area contributed by atoms with E-state index in [0.717, 1.165) is 0 Å². The first kappa shape index (κ1) is 16.7. The predicted octanol–water partition coefficient (Wildman–Crippen LogP) is 0.723. The van der Waals surface area contributed by atoms with Crippen LogP contribution >= 0.6 is 0 Å². The van der Waals surface area contributed by atoms with Crippen LogP contribution in [0, 0.1) is 13.8 Å². The Morgan fingerprint density at radius 1 is 1.35 bits per heavy atom. The topological polar surface area (TPSA) is 111 Å². The lowest BCUT2D eigenvalue weighted by Crippen LogP contribution is -2.33. The molecule has 0 fully saturated rings. The van der Waals surface area contributed by atoms with E-state index in [-0.39, 0.29) is 35.8 Å². The lowest BCUT2D eigenvalue weighted by Gasteiger charge is -2.20. The molecule has 0 saturated heterocycles.